The zero-order valence-corrected chi connectivity index (χ0v) is 15.6. The van der Waals surface area contributed by atoms with Crippen molar-refractivity contribution < 1.29 is 14.3 Å². The molecule has 140 valence electrons. The van der Waals surface area contributed by atoms with Gasteiger partial charge in [-0.25, -0.2) is 4.39 Å². The number of hydrogen-bond acceptors (Lipinski definition) is 4. The van der Waals surface area contributed by atoms with Gasteiger partial charge in [-0.15, -0.1) is 0 Å². The van der Waals surface area contributed by atoms with Gasteiger partial charge < -0.3 is 15.3 Å². The Balaban J connectivity index is 1.67. The summed E-state index contributed by atoms with van der Waals surface area (Å²) in [4.78, 5) is 14.2. The van der Waals surface area contributed by atoms with Crippen LogP contribution in [0.5, 0.6) is 0 Å². The van der Waals surface area contributed by atoms with E-state index in [1.54, 1.807) is 15.6 Å². The van der Waals surface area contributed by atoms with Crippen molar-refractivity contribution in [3.8, 4) is 0 Å². The van der Waals surface area contributed by atoms with E-state index in [9.17, 15) is 9.18 Å². The third-order valence-corrected chi connectivity index (χ3v) is 5.10. The fraction of sp³-hybridized carbons (Fsp3) is 0.444. The van der Waals surface area contributed by atoms with Crippen molar-refractivity contribution in [1.82, 2.24) is 15.1 Å². The number of aliphatic hydroxyl groups excluding tert-OH is 1. The standard InChI is InChI=1S/C18H22ClFN4O2/c1-11-14(12(2)24(22-11)7-8-25)10-21-17-5-6-23(18(17)26)13-3-4-15(19)16(20)9-13/h3-4,9,17,21,25H,5-8,10H2,1-2H3/t17-/m0/s1. The number of carbonyl (C=O) groups is 1. The van der Waals surface area contributed by atoms with E-state index in [0.29, 0.717) is 31.7 Å². The number of rotatable bonds is 6. The molecule has 0 bridgehead atoms. The van der Waals surface area contributed by atoms with E-state index in [-0.39, 0.29) is 23.6 Å². The average Bonchev–Trinajstić information content (AvgIpc) is 3.09. The van der Waals surface area contributed by atoms with E-state index in [2.05, 4.69) is 10.4 Å². The van der Waals surface area contributed by atoms with Gasteiger partial charge in [0.2, 0.25) is 5.91 Å². The molecule has 2 heterocycles. The Bertz CT molecular complexity index is 824. The molecule has 1 aliphatic rings. The van der Waals surface area contributed by atoms with Gasteiger partial charge in [0.05, 0.1) is 29.9 Å². The van der Waals surface area contributed by atoms with Crippen molar-refractivity contribution in [2.45, 2.75) is 39.4 Å². The van der Waals surface area contributed by atoms with Crippen LogP contribution >= 0.6 is 11.6 Å². The van der Waals surface area contributed by atoms with Crippen LogP contribution in [0, 0.1) is 19.7 Å². The highest BCUT2D eigenvalue weighted by molar-refractivity contribution is 6.30. The van der Waals surface area contributed by atoms with Crippen LogP contribution in [0.3, 0.4) is 0 Å². The topological polar surface area (TPSA) is 70.4 Å². The smallest absolute Gasteiger partial charge is 0.244 e. The molecule has 6 nitrogen and oxygen atoms in total. The molecule has 1 fully saturated rings. The van der Waals surface area contributed by atoms with Gasteiger partial charge in [0.25, 0.3) is 0 Å². The second kappa shape index (κ2) is 7.73. The number of aryl methyl sites for hydroxylation is 1. The Labute approximate surface area is 156 Å². The highest BCUT2D eigenvalue weighted by Gasteiger charge is 2.32. The lowest BCUT2D eigenvalue weighted by atomic mass is 10.1. The predicted octanol–water partition coefficient (Wildman–Crippen LogP) is 2.18. The summed E-state index contributed by atoms with van der Waals surface area (Å²) in [6, 6.07) is 4.07. The van der Waals surface area contributed by atoms with Crippen molar-refractivity contribution in [1.29, 1.82) is 0 Å². The Morgan fingerprint density at radius 2 is 2.19 bits per heavy atom. The summed E-state index contributed by atoms with van der Waals surface area (Å²) in [7, 11) is 0. The number of carbonyl (C=O) groups excluding carboxylic acids is 1. The number of nitrogens with one attached hydrogen (secondary N) is 1. The van der Waals surface area contributed by atoms with Gasteiger partial charge in [0, 0.05) is 30.0 Å². The number of halogens is 2. The average molecular weight is 381 g/mol. The summed E-state index contributed by atoms with van der Waals surface area (Å²) >= 11 is 5.71. The summed E-state index contributed by atoms with van der Waals surface area (Å²) in [6.07, 6.45) is 0.645. The maximum absolute atomic E-state index is 13.7. The molecule has 8 heteroatoms. The fourth-order valence-electron chi connectivity index (χ4n) is 3.31. The van der Waals surface area contributed by atoms with Gasteiger partial charge in [0.1, 0.15) is 5.82 Å². The highest BCUT2D eigenvalue weighted by Crippen LogP contribution is 2.26. The minimum absolute atomic E-state index is 0.0303. The molecule has 26 heavy (non-hydrogen) atoms. The number of anilines is 1. The molecule has 0 unspecified atom stereocenters. The molecular formula is C18H22ClFN4O2. The second-order valence-electron chi connectivity index (χ2n) is 6.41. The van der Waals surface area contributed by atoms with Gasteiger partial charge >= 0.3 is 0 Å². The monoisotopic (exact) mass is 380 g/mol. The maximum atomic E-state index is 13.7. The van der Waals surface area contributed by atoms with Crippen LogP contribution in [0.2, 0.25) is 5.02 Å². The molecule has 3 rings (SSSR count). The third kappa shape index (κ3) is 3.60. The molecule has 0 aliphatic carbocycles. The quantitative estimate of drug-likeness (QED) is 0.805. The molecule has 0 radical (unpaired) electrons. The first kappa shape index (κ1) is 18.8. The summed E-state index contributed by atoms with van der Waals surface area (Å²) in [6.45, 7) is 5.39. The maximum Gasteiger partial charge on any atom is 0.244 e. The largest absolute Gasteiger partial charge is 0.394 e. The Morgan fingerprint density at radius 1 is 1.42 bits per heavy atom. The first-order valence-electron chi connectivity index (χ1n) is 8.56. The van der Waals surface area contributed by atoms with Crippen LogP contribution in [0.1, 0.15) is 23.4 Å². The summed E-state index contributed by atoms with van der Waals surface area (Å²) < 4.78 is 15.4. The van der Waals surface area contributed by atoms with Crippen molar-refractivity contribution in [3.05, 3.63) is 46.0 Å². The number of nitrogens with zero attached hydrogens (tertiary/aromatic N) is 3. The van der Waals surface area contributed by atoms with Crippen molar-refractivity contribution >= 4 is 23.2 Å². The van der Waals surface area contributed by atoms with Crippen molar-refractivity contribution in [2.75, 3.05) is 18.1 Å². The van der Waals surface area contributed by atoms with Gasteiger partial charge in [-0.1, -0.05) is 11.6 Å². The van der Waals surface area contributed by atoms with Crippen molar-refractivity contribution in [3.63, 3.8) is 0 Å². The molecule has 0 saturated carbocycles. The summed E-state index contributed by atoms with van der Waals surface area (Å²) in [5, 5.41) is 16.8. The third-order valence-electron chi connectivity index (χ3n) is 4.79. The fourth-order valence-corrected chi connectivity index (χ4v) is 3.42. The van der Waals surface area contributed by atoms with E-state index in [0.717, 1.165) is 17.0 Å². The minimum atomic E-state index is -0.532. The molecule has 1 amide bonds. The first-order chi connectivity index (χ1) is 12.4. The molecular weight excluding hydrogens is 359 g/mol. The first-order valence-corrected chi connectivity index (χ1v) is 8.93. The van der Waals surface area contributed by atoms with Gasteiger partial charge in [-0.2, -0.15) is 5.10 Å². The van der Waals surface area contributed by atoms with Crippen LogP contribution in [0.25, 0.3) is 0 Å². The van der Waals surface area contributed by atoms with E-state index in [4.69, 9.17) is 16.7 Å². The number of benzene rings is 1. The van der Waals surface area contributed by atoms with Crippen molar-refractivity contribution in [2.24, 2.45) is 0 Å². The lowest BCUT2D eigenvalue weighted by Gasteiger charge is -2.17. The Hall–Kier alpha value is -1.96. The number of amides is 1. The van der Waals surface area contributed by atoms with E-state index in [1.165, 1.54) is 12.1 Å². The van der Waals surface area contributed by atoms with E-state index >= 15 is 0 Å². The van der Waals surface area contributed by atoms with Gasteiger partial charge in [0.15, 0.2) is 0 Å². The highest BCUT2D eigenvalue weighted by atomic mass is 35.5. The van der Waals surface area contributed by atoms with Crippen LogP contribution in [-0.2, 0) is 17.9 Å². The minimum Gasteiger partial charge on any atom is -0.394 e. The lowest BCUT2D eigenvalue weighted by molar-refractivity contribution is -0.118. The van der Waals surface area contributed by atoms with Crippen LogP contribution < -0.4 is 10.2 Å². The molecule has 1 atom stereocenters. The molecule has 2 N–H and O–H groups in total. The normalized spacial score (nSPS) is 17.3. The molecule has 0 spiro atoms. The number of aliphatic hydroxyl groups is 1. The zero-order valence-electron chi connectivity index (χ0n) is 14.8. The Kier molecular flexibility index (Phi) is 5.60. The van der Waals surface area contributed by atoms with Crippen LogP contribution in [-0.4, -0.2) is 40.0 Å². The van der Waals surface area contributed by atoms with Crippen LogP contribution in [0.15, 0.2) is 18.2 Å². The summed E-state index contributed by atoms with van der Waals surface area (Å²) in [5.41, 5.74) is 3.41. The lowest BCUT2D eigenvalue weighted by Crippen LogP contribution is -2.38. The van der Waals surface area contributed by atoms with Gasteiger partial charge in [-0.05, 0) is 38.5 Å². The molecule has 2 aromatic rings. The zero-order chi connectivity index (χ0) is 18.8. The molecule has 1 aromatic carbocycles. The van der Waals surface area contributed by atoms with E-state index < -0.39 is 5.82 Å². The Morgan fingerprint density at radius 3 is 2.88 bits per heavy atom. The van der Waals surface area contributed by atoms with Gasteiger partial charge in [-0.3, -0.25) is 9.48 Å². The SMILES string of the molecule is Cc1nn(CCO)c(C)c1CN[C@H]1CCN(c2ccc(Cl)c(F)c2)C1=O. The summed E-state index contributed by atoms with van der Waals surface area (Å²) in [5.74, 6) is -0.610. The molecule has 1 aromatic heterocycles. The molecule has 1 aliphatic heterocycles. The molecule has 1 saturated heterocycles. The number of aromatic nitrogens is 2. The number of hydrogen-bond donors (Lipinski definition) is 2. The van der Waals surface area contributed by atoms with Crippen LogP contribution in [0.4, 0.5) is 10.1 Å². The predicted molar refractivity (Wildman–Crippen MR) is 97.8 cm³/mol. The second-order valence-corrected chi connectivity index (χ2v) is 6.81. The van der Waals surface area contributed by atoms with E-state index in [1.807, 2.05) is 13.8 Å².